The molecule has 0 spiro atoms. The van der Waals surface area contributed by atoms with Gasteiger partial charge >= 0.3 is 0 Å². The van der Waals surface area contributed by atoms with Crippen molar-refractivity contribution in [2.45, 2.75) is 25.7 Å². The van der Waals surface area contributed by atoms with Crippen molar-refractivity contribution in [3.8, 4) is 11.3 Å². The van der Waals surface area contributed by atoms with Gasteiger partial charge in [-0.25, -0.2) is 4.98 Å². The lowest BCUT2D eigenvalue weighted by Crippen LogP contribution is -2.18. The van der Waals surface area contributed by atoms with Crippen molar-refractivity contribution in [1.29, 1.82) is 0 Å². The number of carbonyl (C=O) groups is 1. The SMILES string of the molecule is C[C@H](C(=O)Nc1nc2c(s1)CCc1c-2cnn1C)c1ccccc1. The molecule has 1 atom stereocenters. The lowest BCUT2D eigenvalue weighted by atomic mass is 10.0. The summed E-state index contributed by atoms with van der Waals surface area (Å²) in [5.74, 6) is -0.236. The van der Waals surface area contributed by atoms with Crippen molar-refractivity contribution in [1.82, 2.24) is 14.8 Å². The first kappa shape index (κ1) is 15.1. The summed E-state index contributed by atoms with van der Waals surface area (Å²) in [6.45, 7) is 1.91. The van der Waals surface area contributed by atoms with E-state index >= 15 is 0 Å². The van der Waals surface area contributed by atoms with Gasteiger partial charge in [-0.1, -0.05) is 30.3 Å². The van der Waals surface area contributed by atoms with Gasteiger partial charge in [0.25, 0.3) is 0 Å². The average molecular weight is 338 g/mol. The first-order valence-electron chi connectivity index (χ1n) is 8.00. The summed E-state index contributed by atoms with van der Waals surface area (Å²) in [5.41, 5.74) is 4.28. The van der Waals surface area contributed by atoms with E-state index in [1.807, 2.05) is 55.2 Å². The van der Waals surface area contributed by atoms with Crippen LogP contribution in [0.1, 0.15) is 29.0 Å². The number of hydrogen-bond acceptors (Lipinski definition) is 4. The minimum atomic E-state index is -0.207. The number of thiazole rings is 1. The molecule has 2 aromatic heterocycles. The minimum absolute atomic E-state index is 0.0290. The number of benzene rings is 1. The molecule has 0 saturated carbocycles. The molecule has 1 aromatic carbocycles. The molecule has 0 saturated heterocycles. The second-order valence-corrected chi connectivity index (χ2v) is 7.12. The molecule has 24 heavy (non-hydrogen) atoms. The highest BCUT2D eigenvalue weighted by molar-refractivity contribution is 7.16. The van der Waals surface area contributed by atoms with E-state index in [1.165, 1.54) is 10.6 Å². The van der Waals surface area contributed by atoms with Gasteiger partial charge in [-0.2, -0.15) is 5.10 Å². The Bertz CT molecular complexity index is 897. The van der Waals surface area contributed by atoms with Gasteiger partial charge in [0.1, 0.15) is 0 Å². The van der Waals surface area contributed by atoms with E-state index in [2.05, 4.69) is 15.4 Å². The Labute approximate surface area is 144 Å². The third kappa shape index (κ3) is 2.53. The molecule has 2 heterocycles. The van der Waals surface area contributed by atoms with Crippen molar-refractivity contribution in [2.75, 3.05) is 5.32 Å². The minimum Gasteiger partial charge on any atom is -0.301 e. The molecule has 0 bridgehead atoms. The number of rotatable bonds is 3. The Balaban J connectivity index is 1.57. The number of nitrogens with zero attached hydrogens (tertiary/aromatic N) is 3. The molecule has 1 aliphatic rings. The van der Waals surface area contributed by atoms with Crippen LogP contribution in [0, 0.1) is 0 Å². The van der Waals surface area contributed by atoms with Crippen LogP contribution in [0.5, 0.6) is 0 Å². The summed E-state index contributed by atoms with van der Waals surface area (Å²) >= 11 is 1.57. The van der Waals surface area contributed by atoms with Crippen LogP contribution in [0.3, 0.4) is 0 Å². The normalized spacial score (nSPS) is 13.9. The number of aryl methyl sites for hydroxylation is 2. The third-order valence-corrected chi connectivity index (χ3v) is 5.56. The van der Waals surface area contributed by atoms with Gasteiger partial charge in [0.05, 0.1) is 17.8 Å². The number of anilines is 1. The van der Waals surface area contributed by atoms with Crippen molar-refractivity contribution in [3.05, 3.63) is 52.7 Å². The van der Waals surface area contributed by atoms with Gasteiger partial charge in [0, 0.05) is 23.2 Å². The zero-order chi connectivity index (χ0) is 16.7. The van der Waals surface area contributed by atoms with Crippen LogP contribution in [0.25, 0.3) is 11.3 Å². The second-order valence-electron chi connectivity index (χ2n) is 6.04. The third-order valence-electron chi connectivity index (χ3n) is 4.53. The predicted molar refractivity (Wildman–Crippen MR) is 95.2 cm³/mol. The Hall–Kier alpha value is -2.47. The Morgan fingerprint density at radius 3 is 2.88 bits per heavy atom. The molecule has 0 unspecified atom stereocenters. The molecule has 0 fully saturated rings. The number of amides is 1. The van der Waals surface area contributed by atoms with Crippen LogP contribution < -0.4 is 5.32 Å². The molecule has 1 amide bonds. The molecule has 122 valence electrons. The summed E-state index contributed by atoms with van der Waals surface area (Å²) in [5, 5.41) is 7.98. The number of carbonyl (C=O) groups excluding carboxylic acids is 1. The average Bonchev–Trinajstić information content (AvgIpc) is 3.18. The number of fused-ring (bicyclic) bond motifs is 3. The van der Waals surface area contributed by atoms with Crippen LogP contribution >= 0.6 is 11.3 Å². The van der Waals surface area contributed by atoms with Crippen molar-refractivity contribution < 1.29 is 4.79 Å². The second kappa shape index (κ2) is 5.87. The Morgan fingerprint density at radius 1 is 1.29 bits per heavy atom. The van der Waals surface area contributed by atoms with Crippen molar-refractivity contribution >= 4 is 22.4 Å². The monoisotopic (exact) mass is 338 g/mol. The maximum absolute atomic E-state index is 12.5. The van der Waals surface area contributed by atoms with E-state index < -0.39 is 0 Å². The lowest BCUT2D eigenvalue weighted by molar-refractivity contribution is -0.117. The van der Waals surface area contributed by atoms with Gasteiger partial charge in [-0.15, -0.1) is 11.3 Å². The maximum atomic E-state index is 12.5. The molecule has 4 rings (SSSR count). The van der Waals surface area contributed by atoms with E-state index in [0.29, 0.717) is 5.13 Å². The first-order valence-corrected chi connectivity index (χ1v) is 8.82. The van der Waals surface area contributed by atoms with Gasteiger partial charge in [0.2, 0.25) is 5.91 Å². The Morgan fingerprint density at radius 2 is 2.08 bits per heavy atom. The standard InChI is InChI=1S/C18H18N4OS/c1-11(12-6-4-3-5-7-12)17(23)21-18-20-16-13-10-19-22(2)14(13)8-9-15(16)24-18/h3-7,10-11H,8-9H2,1-2H3,(H,20,21,23)/t11-/m0/s1. The molecule has 1 aliphatic carbocycles. The van der Waals surface area contributed by atoms with Crippen LogP contribution in [-0.4, -0.2) is 20.7 Å². The van der Waals surface area contributed by atoms with Crippen LogP contribution in [0.4, 0.5) is 5.13 Å². The van der Waals surface area contributed by atoms with Gasteiger partial charge in [0.15, 0.2) is 5.13 Å². The highest BCUT2D eigenvalue weighted by Gasteiger charge is 2.25. The Kier molecular flexibility index (Phi) is 3.69. The molecule has 6 heteroatoms. The fraction of sp³-hybridized carbons (Fsp3) is 0.278. The van der Waals surface area contributed by atoms with Crippen LogP contribution in [0.15, 0.2) is 36.5 Å². The van der Waals surface area contributed by atoms with E-state index in [1.54, 1.807) is 11.3 Å². The van der Waals surface area contributed by atoms with Gasteiger partial charge in [-0.3, -0.25) is 9.48 Å². The topological polar surface area (TPSA) is 59.8 Å². The fourth-order valence-electron chi connectivity index (χ4n) is 3.08. The predicted octanol–water partition coefficient (Wildman–Crippen LogP) is 3.38. The molecule has 5 nitrogen and oxygen atoms in total. The number of aromatic nitrogens is 3. The maximum Gasteiger partial charge on any atom is 0.233 e. The number of nitrogens with one attached hydrogen (secondary N) is 1. The van der Waals surface area contributed by atoms with E-state index in [4.69, 9.17) is 0 Å². The van der Waals surface area contributed by atoms with E-state index in [0.717, 1.165) is 29.7 Å². The molecular weight excluding hydrogens is 320 g/mol. The number of hydrogen-bond donors (Lipinski definition) is 1. The summed E-state index contributed by atoms with van der Waals surface area (Å²) in [4.78, 5) is 18.4. The molecule has 3 aromatic rings. The van der Waals surface area contributed by atoms with Crippen LogP contribution in [-0.2, 0) is 24.7 Å². The van der Waals surface area contributed by atoms with Gasteiger partial charge < -0.3 is 5.32 Å². The van der Waals surface area contributed by atoms with Crippen molar-refractivity contribution in [2.24, 2.45) is 7.05 Å². The summed E-state index contributed by atoms with van der Waals surface area (Å²) < 4.78 is 1.91. The van der Waals surface area contributed by atoms with Gasteiger partial charge in [-0.05, 0) is 25.3 Å². The molecule has 0 aliphatic heterocycles. The fourth-order valence-corrected chi connectivity index (χ4v) is 4.06. The summed E-state index contributed by atoms with van der Waals surface area (Å²) in [7, 11) is 1.96. The smallest absolute Gasteiger partial charge is 0.233 e. The van der Waals surface area contributed by atoms with E-state index in [9.17, 15) is 4.79 Å². The zero-order valence-electron chi connectivity index (χ0n) is 13.6. The van der Waals surface area contributed by atoms with Crippen molar-refractivity contribution in [3.63, 3.8) is 0 Å². The van der Waals surface area contributed by atoms with E-state index in [-0.39, 0.29) is 11.8 Å². The first-order chi connectivity index (χ1) is 11.6. The molecule has 0 radical (unpaired) electrons. The summed E-state index contributed by atoms with van der Waals surface area (Å²) in [6, 6.07) is 9.79. The highest BCUT2D eigenvalue weighted by atomic mass is 32.1. The largest absolute Gasteiger partial charge is 0.301 e. The zero-order valence-corrected chi connectivity index (χ0v) is 14.4. The molecule has 1 N–H and O–H groups in total. The summed E-state index contributed by atoms with van der Waals surface area (Å²) in [6.07, 6.45) is 3.78. The lowest BCUT2D eigenvalue weighted by Gasteiger charge is -2.10. The molecular formula is C18H18N4OS. The van der Waals surface area contributed by atoms with Crippen LogP contribution in [0.2, 0.25) is 0 Å². The quantitative estimate of drug-likeness (QED) is 0.796. The highest BCUT2D eigenvalue weighted by Crippen LogP contribution is 2.38.